The van der Waals surface area contributed by atoms with Gasteiger partial charge in [-0.2, -0.15) is 12.6 Å². The highest BCUT2D eigenvalue weighted by Crippen LogP contribution is 2.06. The van der Waals surface area contributed by atoms with Gasteiger partial charge in [-0.15, -0.1) is 0 Å². The normalized spacial score (nSPS) is 15.0. The van der Waals surface area contributed by atoms with E-state index in [0.717, 1.165) is 0 Å². The summed E-state index contributed by atoms with van der Waals surface area (Å²) in [6, 6.07) is -5.12. The Hall–Kier alpha value is -2.38. The Labute approximate surface area is 173 Å². The number of hydrogen-bond donors (Lipinski definition) is 8. The molecule has 13 heteroatoms. The first-order chi connectivity index (χ1) is 13.4. The van der Waals surface area contributed by atoms with Crippen LogP contribution in [0.5, 0.6) is 0 Å². The fourth-order valence-corrected chi connectivity index (χ4v) is 2.37. The highest BCUT2D eigenvalue weighted by Gasteiger charge is 2.30. The summed E-state index contributed by atoms with van der Waals surface area (Å²) < 4.78 is 0. The molecule has 9 N–H and O–H groups in total. The van der Waals surface area contributed by atoms with Crippen LogP contribution in [0.4, 0.5) is 0 Å². The van der Waals surface area contributed by atoms with Crippen LogP contribution in [0.3, 0.4) is 0 Å². The molecule has 0 aromatic rings. The first-order valence-electron chi connectivity index (χ1n) is 8.82. The first kappa shape index (κ1) is 26.6. The zero-order valence-corrected chi connectivity index (χ0v) is 17.1. The SMILES string of the molecule is CC(C)CC(NC(=O)C(N)CS)C(=O)NC(CO)C(=O)NC(CC(N)=O)C(=O)O. The van der Waals surface area contributed by atoms with Crippen LogP contribution >= 0.6 is 12.6 Å². The first-order valence-corrected chi connectivity index (χ1v) is 9.45. The minimum absolute atomic E-state index is 0.00774. The quantitative estimate of drug-likeness (QED) is 0.137. The number of amides is 4. The maximum atomic E-state index is 12.5. The van der Waals surface area contributed by atoms with Crippen LogP contribution in [-0.4, -0.2) is 76.3 Å². The lowest BCUT2D eigenvalue weighted by molar-refractivity contribution is -0.144. The Morgan fingerprint density at radius 3 is 1.83 bits per heavy atom. The molecule has 4 amide bonds. The lowest BCUT2D eigenvalue weighted by Gasteiger charge is -2.25. The summed E-state index contributed by atoms with van der Waals surface area (Å²) >= 11 is 3.91. The summed E-state index contributed by atoms with van der Waals surface area (Å²) in [6.07, 6.45) is -0.448. The third-order valence-corrected chi connectivity index (χ3v) is 4.10. The van der Waals surface area contributed by atoms with Crippen LogP contribution in [0.2, 0.25) is 0 Å². The van der Waals surface area contributed by atoms with Gasteiger partial charge in [-0.1, -0.05) is 13.8 Å². The Balaban J connectivity index is 5.21. The second kappa shape index (κ2) is 13.0. The Bertz CT molecular complexity index is 616. The molecule has 0 aromatic carbocycles. The van der Waals surface area contributed by atoms with Crippen molar-refractivity contribution in [2.75, 3.05) is 12.4 Å². The van der Waals surface area contributed by atoms with Crippen LogP contribution < -0.4 is 27.4 Å². The molecule has 0 rings (SSSR count). The molecule has 0 fully saturated rings. The average Bonchev–Trinajstić information content (AvgIpc) is 2.62. The van der Waals surface area contributed by atoms with E-state index in [1.807, 2.05) is 19.2 Å². The molecule has 0 spiro atoms. The summed E-state index contributed by atoms with van der Waals surface area (Å²) in [5.41, 5.74) is 10.5. The number of nitrogens with one attached hydrogen (secondary N) is 3. The third kappa shape index (κ3) is 10.1. The molecule has 0 radical (unpaired) electrons. The van der Waals surface area contributed by atoms with Crippen molar-refractivity contribution in [3.05, 3.63) is 0 Å². The third-order valence-electron chi connectivity index (χ3n) is 3.71. The molecule has 0 saturated carbocycles. The Morgan fingerprint density at radius 1 is 0.931 bits per heavy atom. The average molecular weight is 436 g/mol. The van der Waals surface area contributed by atoms with Gasteiger partial charge in [0.05, 0.1) is 19.1 Å². The van der Waals surface area contributed by atoms with E-state index in [1.54, 1.807) is 0 Å². The fraction of sp³-hybridized carbons (Fsp3) is 0.688. The molecule has 0 aromatic heterocycles. The maximum Gasteiger partial charge on any atom is 0.326 e. The van der Waals surface area contributed by atoms with Crippen LogP contribution in [0.1, 0.15) is 26.7 Å². The monoisotopic (exact) mass is 435 g/mol. The topological polar surface area (TPSA) is 214 Å². The van der Waals surface area contributed by atoms with Crippen molar-refractivity contribution in [1.29, 1.82) is 0 Å². The summed E-state index contributed by atoms with van der Waals surface area (Å²) in [7, 11) is 0. The van der Waals surface area contributed by atoms with Crippen molar-refractivity contribution >= 4 is 42.2 Å². The molecule has 0 aliphatic rings. The molecule has 12 nitrogen and oxygen atoms in total. The maximum absolute atomic E-state index is 12.5. The van der Waals surface area contributed by atoms with E-state index in [4.69, 9.17) is 16.6 Å². The van der Waals surface area contributed by atoms with E-state index in [1.165, 1.54) is 0 Å². The standard InChI is InChI=1S/C16H29N5O7S/c1-7(2)3-9(19-13(24)8(17)6-29)14(25)21-11(5-22)15(26)20-10(16(27)28)4-12(18)23/h7-11,22,29H,3-6,17H2,1-2H3,(H2,18,23)(H,19,24)(H,20,26)(H,21,25)(H,27,28). The largest absolute Gasteiger partial charge is 0.480 e. The Morgan fingerprint density at radius 2 is 1.41 bits per heavy atom. The predicted octanol–water partition coefficient (Wildman–Crippen LogP) is -3.30. The smallest absolute Gasteiger partial charge is 0.326 e. The van der Waals surface area contributed by atoms with Gasteiger partial charge in [-0.25, -0.2) is 4.79 Å². The van der Waals surface area contributed by atoms with Gasteiger partial charge in [0.2, 0.25) is 23.6 Å². The number of carboxylic acid groups (broad SMARTS) is 1. The van der Waals surface area contributed by atoms with Crippen molar-refractivity contribution in [3.8, 4) is 0 Å². The molecule has 0 aliphatic heterocycles. The van der Waals surface area contributed by atoms with E-state index < -0.39 is 66.8 Å². The van der Waals surface area contributed by atoms with E-state index in [0.29, 0.717) is 0 Å². The molecular formula is C16H29N5O7S. The number of carbonyl (C=O) groups is 5. The number of aliphatic carboxylic acids is 1. The number of aliphatic hydroxyl groups is 1. The van der Waals surface area contributed by atoms with Gasteiger partial charge >= 0.3 is 5.97 Å². The number of aliphatic hydroxyl groups excluding tert-OH is 1. The minimum atomic E-state index is -1.62. The lowest BCUT2D eigenvalue weighted by Crippen LogP contribution is -2.58. The number of carbonyl (C=O) groups excluding carboxylic acids is 4. The van der Waals surface area contributed by atoms with Gasteiger partial charge < -0.3 is 37.6 Å². The highest BCUT2D eigenvalue weighted by atomic mass is 32.1. The molecular weight excluding hydrogens is 406 g/mol. The molecule has 4 atom stereocenters. The van der Waals surface area contributed by atoms with Crippen molar-refractivity contribution in [1.82, 2.24) is 16.0 Å². The van der Waals surface area contributed by atoms with Crippen molar-refractivity contribution < 1.29 is 34.2 Å². The second-order valence-electron chi connectivity index (χ2n) is 6.79. The zero-order valence-electron chi connectivity index (χ0n) is 16.3. The van der Waals surface area contributed by atoms with Gasteiger partial charge in [-0.05, 0) is 12.3 Å². The predicted molar refractivity (Wildman–Crippen MR) is 106 cm³/mol. The van der Waals surface area contributed by atoms with Crippen LogP contribution in [0, 0.1) is 5.92 Å². The Kier molecular flexibility index (Phi) is 11.9. The number of thiol groups is 1. The number of carboxylic acids is 1. The van der Waals surface area contributed by atoms with Crippen LogP contribution in [0.15, 0.2) is 0 Å². The molecule has 29 heavy (non-hydrogen) atoms. The van der Waals surface area contributed by atoms with Crippen molar-refractivity contribution in [2.24, 2.45) is 17.4 Å². The molecule has 0 bridgehead atoms. The number of primary amides is 1. The minimum Gasteiger partial charge on any atom is -0.480 e. The zero-order chi connectivity index (χ0) is 22.7. The molecule has 0 saturated heterocycles. The second-order valence-corrected chi connectivity index (χ2v) is 7.16. The van der Waals surface area contributed by atoms with Gasteiger partial charge in [0.25, 0.3) is 0 Å². The van der Waals surface area contributed by atoms with Gasteiger partial charge in [0.15, 0.2) is 0 Å². The molecule has 166 valence electrons. The summed E-state index contributed by atoms with van der Waals surface area (Å²) in [4.78, 5) is 58.7. The van der Waals surface area contributed by atoms with Gasteiger partial charge in [-0.3, -0.25) is 19.2 Å². The molecule has 4 unspecified atom stereocenters. The van der Waals surface area contributed by atoms with E-state index in [2.05, 4.69) is 23.3 Å². The fourth-order valence-electron chi connectivity index (χ4n) is 2.20. The summed E-state index contributed by atoms with van der Waals surface area (Å²) in [5, 5.41) is 25.2. The molecule has 0 aliphatic carbocycles. The van der Waals surface area contributed by atoms with E-state index >= 15 is 0 Å². The summed E-state index contributed by atoms with van der Waals surface area (Å²) in [6.45, 7) is 2.77. The number of rotatable bonds is 13. The summed E-state index contributed by atoms with van der Waals surface area (Å²) in [5.74, 6) is -4.83. The van der Waals surface area contributed by atoms with Crippen LogP contribution in [-0.2, 0) is 24.0 Å². The van der Waals surface area contributed by atoms with Crippen molar-refractivity contribution in [2.45, 2.75) is 50.9 Å². The van der Waals surface area contributed by atoms with E-state index in [-0.39, 0.29) is 18.1 Å². The van der Waals surface area contributed by atoms with Crippen molar-refractivity contribution in [3.63, 3.8) is 0 Å². The number of hydrogen-bond acceptors (Lipinski definition) is 8. The van der Waals surface area contributed by atoms with Gasteiger partial charge in [0, 0.05) is 5.75 Å². The van der Waals surface area contributed by atoms with Crippen LogP contribution in [0.25, 0.3) is 0 Å². The number of nitrogens with two attached hydrogens (primary N) is 2. The molecule has 0 heterocycles. The highest BCUT2D eigenvalue weighted by molar-refractivity contribution is 7.80. The van der Waals surface area contributed by atoms with E-state index in [9.17, 15) is 29.1 Å². The van der Waals surface area contributed by atoms with Gasteiger partial charge in [0.1, 0.15) is 18.1 Å². The lowest BCUT2D eigenvalue weighted by atomic mass is 10.0.